The molecule has 0 spiro atoms. The number of nitrogens with zero attached hydrogens (tertiary/aromatic N) is 1. The average molecular weight is 467 g/mol. The van der Waals surface area contributed by atoms with Gasteiger partial charge in [0.25, 0.3) is 5.91 Å². The third-order valence-electron chi connectivity index (χ3n) is 3.98. The lowest BCUT2D eigenvalue weighted by molar-refractivity contribution is -0.127. The molecule has 30 heavy (non-hydrogen) atoms. The number of carbonyl (C=O) groups is 2. The fourth-order valence-corrected chi connectivity index (χ4v) is 2.66. The average Bonchev–Trinajstić information content (AvgIpc) is 2.77. The van der Waals surface area contributed by atoms with E-state index in [1.165, 1.54) is 6.21 Å². The van der Waals surface area contributed by atoms with Crippen LogP contribution >= 0.6 is 15.9 Å². The number of nitrogens with one attached hydrogen (secondary N) is 1. The summed E-state index contributed by atoms with van der Waals surface area (Å²) in [7, 11) is 0. The van der Waals surface area contributed by atoms with Gasteiger partial charge in [-0.3, -0.25) is 4.79 Å². The Labute approximate surface area is 182 Å². The minimum atomic E-state index is -0.705. The van der Waals surface area contributed by atoms with Crippen molar-refractivity contribution in [3.8, 4) is 11.5 Å². The molecule has 0 heterocycles. The van der Waals surface area contributed by atoms with Crippen molar-refractivity contribution in [3.05, 3.63) is 94.5 Å². The predicted octanol–water partition coefficient (Wildman–Crippen LogP) is 4.59. The zero-order valence-corrected chi connectivity index (χ0v) is 17.7. The zero-order chi connectivity index (χ0) is 21.3. The van der Waals surface area contributed by atoms with Gasteiger partial charge in [-0.2, -0.15) is 5.10 Å². The second-order valence-corrected chi connectivity index (χ2v) is 7.19. The summed E-state index contributed by atoms with van der Waals surface area (Å²) in [5.74, 6) is 0.207. The molecule has 3 aromatic carbocycles. The van der Waals surface area contributed by atoms with Gasteiger partial charge < -0.3 is 9.47 Å². The topological polar surface area (TPSA) is 77.0 Å². The van der Waals surface area contributed by atoms with Gasteiger partial charge in [-0.15, -0.1) is 0 Å². The smallest absolute Gasteiger partial charge is 0.343 e. The Kier molecular flexibility index (Phi) is 7.34. The van der Waals surface area contributed by atoms with Crippen LogP contribution in [0.5, 0.6) is 11.5 Å². The van der Waals surface area contributed by atoms with Crippen molar-refractivity contribution >= 4 is 34.0 Å². The molecule has 1 amide bonds. The van der Waals surface area contributed by atoms with Crippen molar-refractivity contribution in [2.75, 3.05) is 0 Å². The molecule has 0 saturated carbocycles. The van der Waals surface area contributed by atoms with Crippen LogP contribution < -0.4 is 14.9 Å². The monoisotopic (exact) mass is 466 g/mol. The van der Waals surface area contributed by atoms with Crippen LogP contribution in [0, 0.1) is 0 Å². The number of hydrazone groups is 1. The summed E-state index contributed by atoms with van der Waals surface area (Å²) >= 11 is 3.35. The molecule has 3 rings (SSSR count). The number of amides is 1. The SMILES string of the molecule is C[C@@H](Oc1ccc(Br)cc1)C(=O)N/N=C\c1ccc(OC(=O)c2ccccc2)cc1. The first kappa shape index (κ1) is 21.3. The fraction of sp³-hybridized carbons (Fsp3) is 0.0870. The van der Waals surface area contributed by atoms with Gasteiger partial charge in [0, 0.05) is 4.47 Å². The second kappa shape index (κ2) is 10.4. The summed E-state index contributed by atoms with van der Waals surface area (Å²) in [5, 5.41) is 3.94. The van der Waals surface area contributed by atoms with Crippen LogP contribution in [0.2, 0.25) is 0 Å². The molecule has 6 nitrogen and oxygen atoms in total. The Morgan fingerprint density at radius 2 is 1.57 bits per heavy atom. The van der Waals surface area contributed by atoms with E-state index in [9.17, 15) is 9.59 Å². The highest BCUT2D eigenvalue weighted by Crippen LogP contribution is 2.17. The number of esters is 1. The van der Waals surface area contributed by atoms with Gasteiger partial charge in [0.2, 0.25) is 0 Å². The van der Waals surface area contributed by atoms with Crippen molar-refractivity contribution < 1.29 is 19.1 Å². The first-order valence-electron chi connectivity index (χ1n) is 9.14. The molecule has 152 valence electrons. The molecule has 0 unspecified atom stereocenters. The molecule has 0 aliphatic rings. The Hall–Kier alpha value is -3.45. The van der Waals surface area contributed by atoms with Crippen molar-refractivity contribution in [1.82, 2.24) is 5.43 Å². The highest BCUT2D eigenvalue weighted by molar-refractivity contribution is 9.10. The highest BCUT2D eigenvalue weighted by atomic mass is 79.9. The molecule has 1 atom stereocenters. The molecule has 0 aromatic heterocycles. The molecule has 0 aliphatic heterocycles. The minimum absolute atomic E-state index is 0.373. The van der Waals surface area contributed by atoms with Crippen molar-refractivity contribution in [2.45, 2.75) is 13.0 Å². The molecule has 7 heteroatoms. The third kappa shape index (κ3) is 6.28. The van der Waals surface area contributed by atoms with E-state index < -0.39 is 12.1 Å². The van der Waals surface area contributed by atoms with Gasteiger partial charge in [0.05, 0.1) is 11.8 Å². The van der Waals surface area contributed by atoms with E-state index in [0.29, 0.717) is 17.1 Å². The predicted molar refractivity (Wildman–Crippen MR) is 118 cm³/mol. The van der Waals surface area contributed by atoms with Crippen LogP contribution in [-0.4, -0.2) is 24.2 Å². The van der Waals surface area contributed by atoms with Crippen molar-refractivity contribution in [1.29, 1.82) is 0 Å². The number of hydrogen-bond donors (Lipinski definition) is 1. The molecular formula is C23H19BrN2O4. The van der Waals surface area contributed by atoms with E-state index in [1.54, 1.807) is 67.6 Å². The lowest BCUT2D eigenvalue weighted by atomic mass is 10.2. The maximum atomic E-state index is 12.1. The molecule has 0 saturated heterocycles. The maximum Gasteiger partial charge on any atom is 0.343 e. The lowest BCUT2D eigenvalue weighted by Gasteiger charge is -2.12. The van der Waals surface area contributed by atoms with Crippen LogP contribution in [0.3, 0.4) is 0 Å². The first-order chi connectivity index (χ1) is 14.5. The molecule has 1 N–H and O–H groups in total. The summed E-state index contributed by atoms with van der Waals surface area (Å²) in [6.45, 7) is 1.64. The lowest BCUT2D eigenvalue weighted by Crippen LogP contribution is -2.33. The third-order valence-corrected chi connectivity index (χ3v) is 4.51. The van der Waals surface area contributed by atoms with E-state index in [0.717, 1.165) is 10.0 Å². The van der Waals surface area contributed by atoms with Crippen LogP contribution in [0.4, 0.5) is 0 Å². The van der Waals surface area contributed by atoms with E-state index in [4.69, 9.17) is 9.47 Å². The number of hydrogen-bond acceptors (Lipinski definition) is 5. The molecule has 0 fully saturated rings. The Morgan fingerprint density at radius 3 is 2.23 bits per heavy atom. The Morgan fingerprint density at radius 1 is 0.933 bits per heavy atom. The van der Waals surface area contributed by atoms with Gasteiger partial charge >= 0.3 is 5.97 Å². The van der Waals surface area contributed by atoms with Gasteiger partial charge in [0.15, 0.2) is 6.10 Å². The van der Waals surface area contributed by atoms with Gasteiger partial charge in [-0.1, -0.05) is 34.1 Å². The van der Waals surface area contributed by atoms with Gasteiger partial charge in [-0.25, -0.2) is 10.2 Å². The summed E-state index contributed by atoms with van der Waals surface area (Å²) < 4.78 is 11.8. The van der Waals surface area contributed by atoms with E-state index in [-0.39, 0.29) is 5.91 Å². The van der Waals surface area contributed by atoms with Crippen LogP contribution in [0.25, 0.3) is 0 Å². The van der Waals surface area contributed by atoms with Crippen molar-refractivity contribution in [2.24, 2.45) is 5.10 Å². The first-order valence-corrected chi connectivity index (χ1v) is 9.93. The van der Waals surface area contributed by atoms with Gasteiger partial charge in [0.1, 0.15) is 11.5 Å². The number of carbonyl (C=O) groups excluding carboxylic acids is 2. The van der Waals surface area contributed by atoms with Crippen molar-refractivity contribution in [3.63, 3.8) is 0 Å². The fourth-order valence-electron chi connectivity index (χ4n) is 2.39. The minimum Gasteiger partial charge on any atom is -0.481 e. The number of rotatable bonds is 7. The largest absolute Gasteiger partial charge is 0.481 e. The molecule has 0 bridgehead atoms. The van der Waals surface area contributed by atoms with Crippen LogP contribution in [-0.2, 0) is 4.79 Å². The summed E-state index contributed by atoms with van der Waals surface area (Å²) in [4.78, 5) is 24.1. The van der Waals surface area contributed by atoms with E-state index in [2.05, 4.69) is 26.5 Å². The summed E-state index contributed by atoms with van der Waals surface area (Å²) in [6, 6.07) is 22.7. The molecule has 0 aliphatic carbocycles. The van der Waals surface area contributed by atoms with E-state index in [1.807, 2.05) is 18.2 Å². The quantitative estimate of drug-likeness (QED) is 0.239. The maximum absolute atomic E-state index is 12.1. The standard InChI is InChI=1S/C23H19BrN2O4/c1-16(29-20-13-9-19(24)10-14-20)22(27)26-25-15-17-7-11-21(12-8-17)30-23(28)18-5-3-2-4-6-18/h2-16H,1H3,(H,26,27)/b25-15-/t16-/m1/s1. The number of benzene rings is 3. The zero-order valence-electron chi connectivity index (χ0n) is 16.1. The van der Waals surface area contributed by atoms with E-state index >= 15 is 0 Å². The normalized spacial score (nSPS) is 11.7. The molecular weight excluding hydrogens is 448 g/mol. The van der Waals surface area contributed by atoms with Gasteiger partial charge in [-0.05, 0) is 73.2 Å². The highest BCUT2D eigenvalue weighted by Gasteiger charge is 2.13. The summed E-state index contributed by atoms with van der Waals surface area (Å²) in [6.07, 6.45) is 0.788. The molecule has 0 radical (unpaired) electrons. The number of halogens is 1. The Balaban J connectivity index is 1.49. The summed E-state index contributed by atoms with van der Waals surface area (Å²) in [5.41, 5.74) is 3.65. The number of ether oxygens (including phenoxy) is 2. The molecule has 3 aromatic rings. The van der Waals surface area contributed by atoms with Crippen LogP contribution in [0.1, 0.15) is 22.8 Å². The Bertz CT molecular complexity index is 1020. The second-order valence-electron chi connectivity index (χ2n) is 6.27. The van der Waals surface area contributed by atoms with Crippen LogP contribution in [0.15, 0.2) is 88.4 Å².